The monoisotopic (exact) mass is 419 g/mol. The number of hydrogen-bond donors (Lipinski definition) is 1. The van der Waals surface area contributed by atoms with Gasteiger partial charge in [-0.1, -0.05) is 36.4 Å². The van der Waals surface area contributed by atoms with E-state index in [2.05, 4.69) is 19.9 Å². The van der Waals surface area contributed by atoms with Crippen LogP contribution >= 0.6 is 12.2 Å². The molecule has 2 aromatic rings. The SMILES string of the molecule is O=S1(=O)CCC(N2CCN(Cn3[nH]c(C=Cc4ccccc4)nc3=S)CC2)C1. The van der Waals surface area contributed by atoms with Gasteiger partial charge in [0.05, 0.1) is 18.2 Å². The molecule has 1 unspecified atom stereocenters. The quantitative estimate of drug-likeness (QED) is 0.746. The second-order valence-corrected chi connectivity index (χ2v) is 10.0. The standard InChI is InChI=1S/C19H25N5O2S2/c25-28(26)13-8-17(14-28)23-11-9-22(10-12-23)15-24-19(27)20-18(21-24)7-6-16-4-2-1-3-5-16/h1-7,17H,8-15H2,(H,20,21,27). The first-order chi connectivity index (χ1) is 13.5. The highest BCUT2D eigenvalue weighted by Crippen LogP contribution is 2.19. The van der Waals surface area contributed by atoms with Crippen LogP contribution in [0.25, 0.3) is 12.2 Å². The molecule has 0 bridgehead atoms. The Morgan fingerprint density at radius 2 is 1.89 bits per heavy atom. The zero-order chi connectivity index (χ0) is 19.6. The predicted octanol–water partition coefficient (Wildman–Crippen LogP) is 1.87. The molecule has 1 atom stereocenters. The molecule has 2 saturated heterocycles. The maximum atomic E-state index is 11.7. The Bertz CT molecular complexity index is 989. The molecule has 4 rings (SSSR count). The Labute approximate surface area is 170 Å². The lowest BCUT2D eigenvalue weighted by Crippen LogP contribution is -2.50. The predicted molar refractivity (Wildman–Crippen MR) is 113 cm³/mol. The van der Waals surface area contributed by atoms with E-state index in [1.807, 2.05) is 47.2 Å². The van der Waals surface area contributed by atoms with Gasteiger partial charge in [0, 0.05) is 32.2 Å². The van der Waals surface area contributed by atoms with Crippen LogP contribution < -0.4 is 0 Å². The van der Waals surface area contributed by atoms with Gasteiger partial charge in [-0.05, 0) is 30.3 Å². The maximum absolute atomic E-state index is 11.7. The molecule has 7 nitrogen and oxygen atoms in total. The summed E-state index contributed by atoms with van der Waals surface area (Å²) in [6.45, 7) is 4.24. The number of piperazine rings is 1. The van der Waals surface area contributed by atoms with E-state index in [1.165, 1.54) is 0 Å². The second kappa shape index (κ2) is 8.28. The Morgan fingerprint density at radius 1 is 1.14 bits per heavy atom. The number of rotatable bonds is 5. The van der Waals surface area contributed by atoms with Crippen LogP contribution in [0.2, 0.25) is 0 Å². The fourth-order valence-electron chi connectivity index (χ4n) is 3.82. The van der Waals surface area contributed by atoms with Crippen molar-refractivity contribution in [3.8, 4) is 0 Å². The van der Waals surface area contributed by atoms with Crippen LogP contribution in [0.3, 0.4) is 0 Å². The summed E-state index contributed by atoms with van der Waals surface area (Å²) >= 11 is 5.39. The Kier molecular flexibility index (Phi) is 5.77. The molecule has 3 heterocycles. The van der Waals surface area contributed by atoms with E-state index in [-0.39, 0.29) is 6.04 Å². The van der Waals surface area contributed by atoms with Crippen molar-refractivity contribution in [1.29, 1.82) is 0 Å². The van der Waals surface area contributed by atoms with E-state index in [0.29, 0.717) is 22.9 Å². The fourth-order valence-corrected chi connectivity index (χ4v) is 5.78. The first-order valence-corrected chi connectivity index (χ1v) is 11.8. The van der Waals surface area contributed by atoms with Crippen molar-refractivity contribution < 1.29 is 8.42 Å². The Morgan fingerprint density at radius 3 is 2.57 bits per heavy atom. The van der Waals surface area contributed by atoms with Gasteiger partial charge >= 0.3 is 0 Å². The maximum Gasteiger partial charge on any atom is 0.217 e. The van der Waals surface area contributed by atoms with Crippen molar-refractivity contribution in [1.82, 2.24) is 24.6 Å². The minimum absolute atomic E-state index is 0.191. The van der Waals surface area contributed by atoms with E-state index < -0.39 is 9.84 Å². The van der Waals surface area contributed by atoms with Crippen LogP contribution in [0.1, 0.15) is 17.8 Å². The summed E-state index contributed by atoms with van der Waals surface area (Å²) in [5, 5.41) is 3.26. The van der Waals surface area contributed by atoms with E-state index >= 15 is 0 Å². The normalized spacial score (nSPS) is 23.5. The van der Waals surface area contributed by atoms with Crippen LogP contribution in [-0.2, 0) is 16.5 Å². The molecule has 0 aliphatic carbocycles. The highest BCUT2D eigenvalue weighted by Gasteiger charge is 2.33. The van der Waals surface area contributed by atoms with Crippen LogP contribution in [0.5, 0.6) is 0 Å². The van der Waals surface area contributed by atoms with Gasteiger partial charge < -0.3 is 0 Å². The minimum atomic E-state index is -2.83. The molecule has 2 aliphatic rings. The average Bonchev–Trinajstić information content (AvgIpc) is 3.23. The van der Waals surface area contributed by atoms with Gasteiger partial charge in [0.2, 0.25) is 4.77 Å². The molecule has 1 N–H and O–H groups in total. The molecule has 0 saturated carbocycles. The summed E-state index contributed by atoms with van der Waals surface area (Å²) < 4.78 is 25.8. The van der Waals surface area contributed by atoms with Gasteiger partial charge in [-0.2, -0.15) is 4.98 Å². The number of sulfone groups is 1. The number of hydrogen-bond acceptors (Lipinski definition) is 6. The highest BCUT2D eigenvalue weighted by atomic mass is 32.2. The van der Waals surface area contributed by atoms with Crippen LogP contribution in [0.15, 0.2) is 30.3 Å². The molecule has 1 aromatic heterocycles. The third-order valence-electron chi connectivity index (χ3n) is 5.40. The molecule has 0 amide bonds. The first-order valence-electron chi connectivity index (χ1n) is 9.55. The zero-order valence-corrected chi connectivity index (χ0v) is 17.3. The van der Waals surface area contributed by atoms with Crippen LogP contribution in [-0.4, -0.2) is 76.7 Å². The fraction of sp³-hybridized carbons (Fsp3) is 0.474. The lowest BCUT2D eigenvalue weighted by molar-refractivity contribution is 0.0808. The number of aromatic amines is 1. The summed E-state index contributed by atoms with van der Waals surface area (Å²) in [6, 6.07) is 10.3. The van der Waals surface area contributed by atoms with E-state index in [9.17, 15) is 8.42 Å². The van der Waals surface area contributed by atoms with E-state index in [0.717, 1.165) is 44.0 Å². The van der Waals surface area contributed by atoms with Gasteiger partial charge in [0.15, 0.2) is 9.84 Å². The van der Waals surface area contributed by atoms with E-state index in [1.54, 1.807) is 0 Å². The average molecular weight is 420 g/mol. The third kappa shape index (κ3) is 4.78. The topological polar surface area (TPSA) is 74.2 Å². The van der Waals surface area contributed by atoms with Crippen molar-refractivity contribution >= 4 is 34.2 Å². The molecule has 1 aromatic carbocycles. The molecule has 0 radical (unpaired) electrons. The second-order valence-electron chi connectivity index (χ2n) is 7.42. The summed E-state index contributed by atoms with van der Waals surface area (Å²) in [6.07, 6.45) is 4.71. The molecule has 0 spiro atoms. The number of aromatic nitrogens is 3. The van der Waals surface area contributed by atoms with Crippen molar-refractivity contribution in [2.24, 2.45) is 0 Å². The summed E-state index contributed by atoms with van der Waals surface area (Å²) in [4.78, 5) is 9.06. The smallest absolute Gasteiger partial charge is 0.217 e. The Balaban J connectivity index is 1.32. The number of nitrogens with zero attached hydrogens (tertiary/aromatic N) is 4. The molecule has 9 heteroatoms. The zero-order valence-electron chi connectivity index (χ0n) is 15.7. The molecular formula is C19H25N5O2S2. The number of nitrogens with one attached hydrogen (secondary N) is 1. The molecular weight excluding hydrogens is 394 g/mol. The largest absolute Gasteiger partial charge is 0.297 e. The summed E-state index contributed by atoms with van der Waals surface area (Å²) in [5.41, 5.74) is 1.11. The van der Waals surface area contributed by atoms with Crippen molar-refractivity contribution in [2.45, 2.75) is 19.1 Å². The molecule has 150 valence electrons. The molecule has 2 fully saturated rings. The van der Waals surface area contributed by atoms with Gasteiger partial charge in [-0.3, -0.25) is 14.9 Å². The number of H-pyrrole nitrogens is 1. The summed E-state index contributed by atoms with van der Waals surface area (Å²) in [5.74, 6) is 1.39. The van der Waals surface area contributed by atoms with Gasteiger partial charge in [0.25, 0.3) is 0 Å². The van der Waals surface area contributed by atoms with Crippen LogP contribution in [0.4, 0.5) is 0 Å². The lowest BCUT2D eigenvalue weighted by Gasteiger charge is -2.37. The first kappa shape index (κ1) is 19.5. The van der Waals surface area contributed by atoms with Crippen molar-refractivity contribution in [3.05, 3.63) is 46.5 Å². The minimum Gasteiger partial charge on any atom is -0.297 e. The highest BCUT2D eigenvalue weighted by molar-refractivity contribution is 7.91. The Hall–Kier alpha value is -1.81. The number of benzene rings is 1. The summed E-state index contributed by atoms with van der Waals surface area (Å²) in [7, 11) is -2.83. The van der Waals surface area contributed by atoms with Crippen molar-refractivity contribution in [2.75, 3.05) is 37.7 Å². The third-order valence-corrected chi connectivity index (χ3v) is 7.46. The van der Waals surface area contributed by atoms with E-state index in [4.69, 9.17) is 12.2 Å². The lowest BCUT2D eigenvalue weighted by atomic mass is 10.2. The van der Waals surface area contributed by atoms with Gasteiger partial charge in [-0.25, -0.2) is 13.1 Å². The van der Waals surface area contributed by atoms with Gasteiger partial charge in [-0.15, -0.1) is 0 Å². The molecule has 28 heavy (non-hydrogen) atoms. The van der Waals surface area contributed by atoms with Gasteiger partial charge in [0.1, 0.15) is 5.82 Å². The van der Waals surface area contributed by atoms with Crippen LogP contribution in [0, 0.1) is 4.77 Å². The molecule has 2 aliphatic heterocycles. The van der Waals surface area contributed by atoms with Crippen molar-refractivity contribution in [3.63, 3.8) is 0 Å².